The summed E-state index contributed by atoms with van der Waals surface area (Å²) in [5.74, 6) is -1.03. The lowest BCUT2D eigenvalue weighted by Crippen LogP contribution is -2.41. The van der Waals surface area contributed by atoms with E-state index < -0.39 is 5.97 Å². The maximum absolute atomic E-state index is 11.6. The van der Waals surface area contributed by atoms with Gasteiger partial charge < -0.3 is 20.6 Å². The molecule has 0 atom stereocenters. The number of urea groups is 1. The number of hydrogen-bond donors (Lipinski definition) is 3. The van der Waals surface area contributed by atoms with Crippen LogP contribution in [0.25, 0.3) is 0 Å². The summed E-state index contributed by atoms with van der Waals surface area (Å²) in [6, 6.07) is -0.148. The predicted octanol–water partition coefficient (Wildman–Crippen LogP) is 0.245. The number of nitrogens with one attached hydrogen (secondary N) is 2. The van der Waals surface area contributed by atoms with Gasteiger partial charge in [-0.05, 0) is 7.05 Å². The number of likely N-dealkylation sites (N-methyl/N-ethyl adjacent to an activating group) is 2. The van der Waals surface area contributed by atoms with E-state index in [1.54, 1.807) is 11.9 Å². The van der Waals surface area contributed by atoms with Crippen molar-refractivity contribution in [3.05, 3.63) is 16.1 Å². The molecule has 0 aliphatic rings. The highest BCUT2D eigenvalue weighted by Gasteiger charge is 2.10. The Kier molecular flexibility index (Phi) is 6.23. The first-order valence-corrected chi connectivity index (χ1v) is 6.73. The highest BCUT2D eigenvalue weighted by molar-refractivity contribution is 7.09. The van der Waals surface area contributed by atoms with Gasteiger partial charge in [0, 0.05) is 38.5 Å². The van der Waals surface area contributed by atoms with Crippen LogP contribution >= 0.6 is 11.3 Å². The lowest BCUT2D eigenvalue weighted by molar-refractivity contribution is 0.0691. The van der Waals surface area contributed by atoms with Gasteiger partial charge in [0.1, 0.15) is 0 Å². The largest absolute Gasteiger partial charge is 0.476 e. The fraction of sp³-hybridized carbons (Fsp3) is 0.545. The second-order valence-electron chi connectivity index (χ2n) is 3.94. The summed E-state index contributed by atoms with van der Waals surface area (Å²) in [6.45, 7) is 1.80. The van der Waals surface area contributed by atoms with E-state index in [1.165, 1.54) is 16.7 Å². The molecule has 2 amide bonds. The Morgan fingerprint density at radius 1 is 1.47 bits per heavy atom. The monoisotopic (exact) mass is 286 g/mol. The molecular weight excluding hydrogens is 268 g/mol. The van der Waals surface area contributed by atoms with Crippen molar-refractivity contribution in [3.8, 4) is 0 Å². The normalized spacial score (nSPS) is 10.2. The summed E-state index contributed by atoms with van der Waals surface area (Å²) in [5, 5.41) is 16.7. The third-order valence-electron chi connectivity index (χ3n) is 2.43. The first-order chi connectivity index (χ1) is 9.04. The van der Waals surface area contributed by atoms with Gasteiger partial charge in [-0.25, -0.2) is 14.6 Å². The summed E-state index contributed by atoms with van der Waals surface area (Å²) >= 11 is 1.28. The number of rotatable bonds is 7. The molecule has 7 nitrogen and oxygen atoms in total. The van der Waals surface area contributed by atoms with E-state index in [2.05, 4.69) is 15.6 Å². The fourth-order valence-corrected chi connectivity index (χ4v) is 2.09. The minimum atomic E-state index is -1.03. The lowest BCUT2D eigenvalue weighted by Gasteiger charge is -2.17. The first kappa shape index (κ1) is 15.4. The molecule has 0 saturated carbocycles. The molecule has 0 aliphatic carbocycles. The van der Waals surface area contributed by atoms with Gasteiger partial charge in [0.15, 0.2) is 5.69 Å². The quantitative estimate of drug-likeness (QED) is 0.667. The fourth-order valence-electron chi connectivity index (χ4n) is 1.32. The van der Waals surface area contributed by atoms with Crippen LogP contribution in [-0.2, 0) is 6.42 Å². The van der Waals surface area contributed by atoms with Gasteiger partial charge in [0.25, 0.3) is 0 Å². The molecule has 0 spiro atoms. The van der Waals surface area contributed by atoms with Gasteiger partial charge >= 0.3 is 12.0 Å². The van der Waals surface area contributed by atoms with Crippen molar-refractivity contribution in [2.24, 2.45) is 0 Å². The molecule has 0 saturated heterocycles. The Bertz CT molecular complexity index is 435. The van der Waals surface area contributed by atoms with Crippen molar-refractivity contribution in [1.29, 1.82) is 0 Å². The van der Waals surface area contributed by atoms with E-state index in [-0.39, 0.29) is 11.7 Å². The molecule has 1 aromatic rings. The SMILES string of the molecule is CNCCN(C)C(=O)NCCc1nc(C(=O)O)cs1. The summed E-state index contributed by atoms with van der Waals surface area (Å²) in [6.07, 6.45) is 0.531. The highest BCUT2D eigenvalue weighted by atomic mass is 32.1. The molecule has 3 N–H and O–H groups in total. The number of carboxylic acids is 1. The van der Waals surface area contributed by atoms with Crippen LogP contribution in [0, 0.1) is 0 Å². The number of carbonyl (C=O) groups is 2. The van der Waals surface area contributed by atoms with Gasteiger partial charge in [-0.3, -0.25) is 0 Å². The lowest BCUT2D eigenvalue weighted by atomic mass is 10.4. The first-order valence-electron chi connectivity index (χ1n) is 5.86. The van der Waals surface area contributed by atoms with Gasteiger partial charge in [0.05, 0.1) is 5.01 Å². The van der Waals surface area contributed by atoms with Crippen LogP contribution in [-0.4, -0.2) is 60.7 Å². The minimum Gasteiger partial charge on any atom is -0.476 e. The van der Waals surface area contributed by atoms with Crippen LogP contribution in [0.4, 0.5) is 4.79 Å². The van der Waals surface area contributed by atoms with E-state index >= 15 is 0 Å². The predicted molar refractivity (Wildman–Crippen MR) is 72.7 cm³/mol. The number of amides is 2. The third-order valence-corrected chi connectivity index (χ3v) is 3.34. The Labute approximate surface area is 115 Å². The zero-order valence-corrected chi connectivity index (χ0v) is 11.8. The van der Waals surface area contributed by atoms with E-state index in [9.17, 15) is 9.59 Å². The molecule has 0 aromatic carbocycles. The van der Waals surface area contributed by atoms with Crippen LogP contribution in [0.3, 0.4) is 0 Å². The van der Waals surface area contributed by atoms with Gasteiger partial charge in [-0.2, -0.15) is 0 Å². The molecule has 0 aliphatic heterocycles. The maximum atomic E-state index is 11.6. The number of aromatic nitrogens is 1. The van der Waals surface area contributed by atoms with Crippen LogP contribution in [0.2, 0.25) is 0 Å². The zero-order chi connectivity index (χ0) is 14.3. The minimum absolute atomic E-state index is 0.0532. The number of nitrogens with zero attached hydrogens (tertiary/aromatic N) is 2. The average Bonchev–Trinajstić information content (AvgIpc) is 2.84. The third kappa shape index (κ3) is 5.23. The number of aromatic carboxylic acids is 1. The molecule has 0 bridgehead atoms. The Morgan fingerprint density at radius 2 is 2.21 bits per heavy atom. The zero-order valence-electron chi connectivity index (χ0n) is 11.0. The number of carbonyl (C=O) groups excluding carboxylic acids is 1. The summed E-state index contributed by atoms with van der Waals surface area (Å²) in [4.78, 5) is 27.8. The summed E-state index contributed by atoms with van der Waals surface area (Å²) in [5.41, 5.74) is 0.0532. The smallest absolute Gasteiger partial charge is 0.355 e. The highest BCUT2D eigenvalue weighted by Crippen LogP contribution is 2.09. The topological polar surface area (TPSA) is 94.6 Å². The number of thiazole rings is 1. The van der Waals surface area contributed by atoms with Crippen LogP contribution < -0.4 is 10.6 Å². The molecule has 0 unspecified atom stereocenters. The Morgan fingerprint density at radius 3 is 2.79 bits per heavy atom. The van der Waals surface area contributed by atoms with Gasteiger partial charge in [0.2, 0.25) is 0 Å². The van der Waals surface area contributed by atoms with Gasteiger partial charge in [-0.15, -0.1) is 11.3 Å². The van der Waals surface area contributed by atoms with Crippen LogP contribution in [0.1, 0.15) is 15.5 Å². The molecular formula is C11H18N4O3S. The molecule has 0 radical (unpaired) electrons. The van der Waals surface area contributed by atoms with E-state index in [0.29, 0.717) is 24.5 Å². The maximum Gasteiger partial charge on any atom is 0.355 e. The van der Waals surface area contributed by atoms with Crippen LogP contribution in [0.5, 0.6) is 0 Å². The van der Waals surface area contributed by atoms with Crippen LogP contribution in [0.15, 0.2) is 5.38 Å². The summed E-state index contributed by atoms with van der Waals surface area (Å²) < 4.78 is 0. The average molecular weight is 286 g/mol. The Hall–Kier alpha value is -1.67. The van der Waals surface area contributed by atoms with Crippen molar-refractivity contribution in [2.75, 3.05) is 33.7 Å². The standard InChI is InChI=1S/C11H18N4O3S/c1-12-5-6-15(2)11(18)13-4-3-9-14-8(7-19-9)10(16)17/h7,12H,3-6H2,1-2H3,(H,13,18)(H,16,17). The van der Waals surface area contributed by atoms with Crippen molar-refractivity contribution >= 4 is 23.3 Å². The van der Waals surface area contributed by atoms with Crippen molar-refractivity contribution in [2.45, 2.75) is 6.42 Å². The molecule has 1 aromatic heterocycles. The molecule has 19 heavy (non-hydrogen) atoms. The van der Waals surface area contributed by atoms with Gasteiger partial charge in [-0.1, -0.05) is 0 Å². The molecule has 8 heteroatoms. The molecule has 1 heterocycles. The van der Waals surface area contributed by atoms with E-state index in [1.807, 2.05) is 7.05 Å². The van der Waals surface area contributed by atoms with E-state index in [0.717, 1.165) is 6.54 Å². The second kappa shape index (κ2) is 7.70. The van der Waals surface area contributed by atoms with Crippen molar-refractivity contribution < 1.29 is 14.7 Å². The second-order valence-corrected chi connectivity index (χ2v) is 4.88. The van der Waals surface area contributed by atoms with Crippen molar-refractivity contribution in [3.63, 3.8) is 0 Å². The summed E-state index contributed by atoms with van der Waals surface area (Å²) in [7, 11) is 3.55. The molecule has 0 fully saturated rings. The molecule has 106 valence electrons. The Balaban J connectivity index is 2.29. The molecule has 1 rings (SSSR count). The number of carboxylic acid groups (broad SMARTS) is 1. The van der Waals surface area contributed by atoms with E-state index in [4.69, 9.17) is 5.11 Å². The number of hydrogen-bond acceptors (Lipinski definition) is 5. The van der Waals surface area contributed by atoms with Crippen molar-refractivity contribution in [1.82, 2.24) is 20.5 Å².